The van der Waals surface area contributed by atoms with Crippen LogP contribution in [0.4, 0.5) is 0 Å². The number of aliphatic hydroxyl groups excluding tert-OH is 3. The first-order valence-corrected chi connectivity index (χ1v) is 10.4. The Kier molecular flexibility index (Phi) is 9.26. The van der Waals surface area contributed by atoms with Gasteiger partial charge in [0.2, 0.25) is 0 Å². The number of ketones is 1. The Bertz CT molecular complexity index is 450. The molecule has 1 heterocycles. The summed E-state index contributed by atoms with van der Waals surface area (Å²) in [6.07, 6.45) is 12.3. The highest BCUT2D eigenvalue weighted by atomic mass is 16.5. The van der Waals surface area contributed by atoms with E-state index in [0.717, 1.165) is 64.2 Å². The van der Waals surface area contributed by atoms with Gasteiger partial charge in [0, 0.05) is 6.42 Å². The summed E-state index contributed by atoms with van der Waals surface area (Å²) >= 11 is 0. The fourth-order valence-electron chi connectivity index (χ4n) is 4.55. The maximum Gasteiger partial charge on any atom is 0.180 e. The third-order valence-corrected chi connectivity index (χ3v) is 5.98. The van der Waals surface area contributed by atoms with Crippen molar-refractivity contribution < 1.29 is 24.9 Å². The molecule has 6 atom stereocenters. The highest BCUT2D eigenvalue weighted by molar-refractivity contribution is 5.90. The average molecular weight is 369 g/mol. The summed E-state index contributed by atoms with van der Waals surface area (Å²) in [6.45, 7) is 1.70. The Morgan fingerprint density at radius 3 is 2.73 bits per heavy atom. The fraction of sp³-hybridized carbons (Fsp3) is 0.857. The quantitative estimate of drug-likeness (QED) is 0.461. The maximum absolute atomic E-state index is 11.0. The van der Waals surface area contributed by atoms with Crippen molar-refractivity contribution in [2.45, 2.75) is 95.5 Å². The maximum atomic E-state index is 11.0. The zero-order chi connectivity index (χ0) is 18.9. The largest absolute Gasteiger partial charge is 0.393 e. The van der Waals surface area contributed by atoms with Crippen molar-refractivity contribution >= 4 is 5.78 Å². The van der Waals surface area contributed by atoms with E-state index in [4.69, 9.17) is 9.84 Å². The molecule has 2 fully saturated rings. The van der Waals surface area contributed by atoms with E-state index in [1.807, 2.05) is 0 Å². The lowest BCUT2D eigenvalue weighted by molar-refractivity contribution is -0.117. The van der Waals surface area contributed by atoms with Gasteiger partial charge in [0.05, 0.1) is 24.4 Å². The van der Waals surface area contributed by atoms with Gasteiger partial charge in [0.1, 0.15) is 6.61 Å². The number of fused-ring (bicyclic) bond motifs is 1. The van der Waals surface area contributed by atoms with E-state index in [-0.39, 0.29) is 36.1 Å². The molecule has 1 aliphatic heterocycles. The first-order valence-electron chi connectivity index (χ1n) is 10.4. The number of hydrogen-bond donors (Lipinski definition) is 3. The number of hydrogen-bond acceptors (Lipinski definition) is 5. The van der Waals surface area contributed by atoms with E-state index in [1.54, 1.807) is 6.08 Å². The zero-order valence-electron chi connectivity index (χ0n) is 16.1. The smallest absolute Gasteiger partial charge is 0.180 e. The van der Waals surface area contributed by atoms with Gasteiger partial charge in [-0.3, -0.25) is 4.79 Å². The van der Waals surface area contributed by atoms with E-state index in [9.17, 15) is 15.0 Å². The molecule has 5 nitrogen and oxygen atoms in total. The molecule has 0 aromatic heterocycles. The number of carbonyl (C=O) groups is 1. The second-order valence-electron chi connectivity index (χ2n) is 7.99. The summed E-state index contributed by atoms with van der Waals surface area (Å²) in [5.41, 5.74) is 0. The average Bonchev–Trinajstić information content (AvgIpc) is 3.14. The van der Waals surface area contributed by atoms with Crippen LogP contribution in [0, 0.1) is 11.8 Å². The van der Waals surface area contributed by atoms with Crippen molar-refractivity contribution in [3.63, 3.8) is 0 Å². The molecule has 0 amide bonds. The van der Waals surface area contributed by atoms with Crippen LogP contribution in [0.2, 0.25) is 0 Å². The number of aliphatic hydroxyl groups is 3. The van der Waals surface area contributed by atoms with Crippen LogP contribution < -0.4 is 0 Å². The van der Waals surface area contributed by atoms with Gasteiger partial charge in [-0.1, -0.05) is 32.3 Å². The predicted molar refractivity (Wildman–Crippen MR) is 101 cm³/mol. The Hall–Kier alpha value is -0.750. The predicted octanol–water partition coefficient (Wildman–Crippen LogP) is 2.76. The molecule has 0 aromatic rings. The molecule has 0 aromatic carbocycles. The van der Waals surface area contributed by atoms with Crippen molar-refractivity contribution in [2.75, 3.05) is 6.61 Å². The highest BCUT2D eigenvalue weighted by Crippen LogP contribution is 2.46. The van der Waals surface area contributed by atoms with E-state index < -0.39 is 6.61 Å². The molecule has 5 heteroatoms. The summed E-state index contributed by atoms with van der Waals surface area (Å²) in [5, 5.41) is 29.1. The van der Waals surface area contributed by atoms with Gasteiger partial charge < -0.3 is 20.1 Å². The Morgan fingerprint density at radius 1 is 1.23 bits per heavy atom. The van der Waals surface area contributed by atoms with Gasteiger partial charge in [-0.15, -0.1) is 0 Å². The molecule has 26 heavy (non-hydrogen) atoms. The second kappa shape index (κ2) is 11.2. The molecule has 150 valence electrons. The van der Waals surface area contributed by atoms with Crippen LogP contribution in [0.1, 0.15) is 71.1 Å². The summed E-state index contributed by atoms with van der Waals surface area (Å²) in [6, 6.07) is 0. The molecule has 1 saturated carbocycles. The lowest BCUT2D eigenvalue weighted by atomic mass is 9.85. The van der Waals surface area contributed by atoms with Gasteiger partial charge >= 0.3 is 0 Å². The molecule has 2 aliphatic rings. The molecule has 0 bridgehead atoms. The first kappa shape index (κ1) is 21.5. The van der Waals surface area contributed by atoms with Gasteiger partial charge in [-0.05, 0) is 56.4 Å². The lowest BCUT2D eigenvalue weighted by Gasteiger charge is -2.21. The minimum Gasteiger partial charge on any atom is -0.393 e. The van der Waals surface area contributed by atoms with Gasteiger partial charge in [-0.2, -0.15) is 0 Å². The molecule has 3 N–H and O–H groups in total. The second-order valence-corrected chi connectivity index (χ2v) is 7.99. The molecule has 0 radical (unpaired) electrons. The van der Waals surface area contributed by atoms with Gasteiger partial charge in [0.15, 0.2) is 5.78 Å². The monoisotopic (exact) mass is 368 g/mol. The minimum atomic E-state index is -0.437. The summed E-state index contributed by atoms with van der Waals surface area (Å²) in [4.78, 5) is 11.0. The molecular formula is C21H36O5. The number of carbonyl (C=O) groups excluding carboxylic acids is 1. The lowest BCUT2D eigenvalue weighted by Crippen LogP contribution is -2.21. The number of unbranched alkanes of at least 4 members (excludes halogenated alkanes) is 1. The zero-order valence-corrected chi connectivity index (χ0v) is 16.1. The van der Waals surface area contributed by atoms with Crippen LogP contribution in [0.5, 0.6) is 0 Å². The summed E-state index contributed by atoms with van der Waals surface area (Å²) < 4.78 is 6.12. The third-order valence-electron chi connectivity index (χ3n) is 5.98. The number of allylic oxidation sites excluding steroid dienone is 1. The summed E-state index contributed by atoms with van der Waals surface area (Å²) in [5.74, 6) is 0.444. The van der Waals surface area contributed by atoms with Crippen molar-refractivity contribution in [1.82, 2.24) is 0 Å². The van der Waals surface area contributed by atoms with E-state index in [2.05, 4.69) is 6.92 Å². The first-order chi connectivity index (χ1) is 12.5. The van der Waals surface area contributed by atoms with E-state index >= 15 is 0 Å². The highest BCUT2D eigenvalue weighted by Gasteiger charge is 2.48. The Labute approximate surface area is 157 Å². The minimum absolute atomic E-state index is 0.160. The van der Waals surface area contributed by atoms with Crippen LogP contribution >= 0.6 is 0 Å². The van der Waals surface area contributed by atoms with Crippen LogP contribution in [-0.2, 0) is 9.53 Å². The summed E-state index contributed by atoms with van der Waals surface area (Å²) in [7, 11) is 0. The van der Waals surface area contributed by atoms with Crippen molar-refractivity contribution in [1.29, 1.82) is 0 Å². The van der Waals surface area contributed by atoms with Gasteiger partial charge in [0.25, 0.3) is 0 Å². The van der Waals surface area contributed by atoms with Crippen LogP contribution in [0.25, 0.3) is 0 Å². The SMILES string of the molecule is CCCCC(O)CCC[C@@H]1[C@H]2CC(CCC=CC(=O)CO)O[C@H]2C[C@H]1O. The molecule has 2 unspecified atom stereocenters. The van der Waals surface area contributed by atoms with Crippen molar-refractivity contribution in [3.8, 4) is 0 Å². The van der Waals surface area contributed by atoms with E-state index in [0.29, 0.717) is 5.92 Å². The Balaban J connectivity index is 1.70. The van der Waals surface area contributed by atoms with Crippen LogP contribution in [-0.4, -0.2) is 52.1 Å². The van der Waals surface area contributed by atoms with Gasteiger partial charge in [-0.25, -0.2) is 0 Å². The third kappa shape index (κ3) is 6.45. The van der Waals surface area contributed by atoms with Crippen molar-refractivity contribution in [2.24, 2.45) is 11.8 Å². The number of ether oxygens (including phenoxy) is 1. The van der Waals surface area contributed by atoms with E-state index in [1.165, 1.54) is 6.08 Å². The fourth-order valence-corrected chi connectivity index (χ4v) is 4.55. The Morgan fingerprint density at radius 2 is 2.00 bits per heavy atom. The molecule has 2 rings (SSSR count). The molecule has 1 aliphatic carbocycles. The molecule has 1 saturated heterocycles. The number of rotatable bonds is 12. The normalized spacial score (nSPS) is 32.2. The van der Waals surface area contributed by atoms with Crippen molar-refractivity contribution in [3.05, 3.63) is 12.2 Å². The van der Waals surface area contributed by atoms with Crippen LogP contribution in [0.3, 0.4) is 0 Å². The molecule has 0 spiro atoms. The topological polar surface area (TPSA) is 87.0 Å². The van der Waals surface area contributed by atoms with Crippen LogP contribution in [0.15, 0.2) is 12.2 Å². The standard InChI is InChI=1S/C21H36O5/c1-2-3-7-15(23)9-6-11-18-19-12-17(26-21(19)13-20(18)25)10-5-4-8-16(24)14-22/h4,8,15,17-23,25H,2-3,5-7,9-14H2,1H3/t15?,17?,18-,19-,20-,21+/m1/s1. The molecular weight excluding hydrogens is 332 g/mol.